The molecule has 3 rings (SSSR count). The van der Waals surface area contributed by atoms with E-state index in [1.807, 2.05) is 16.0 Å². The summed E-state index contributed by atoms with van der Waals surface area (Å²) in [6, 6.07) is 0. The quantitative estimate of drug-likeness (QED) is 0.866. The lowest BCUT2D eigenvalue weighted by Crippen LogP contribution is -2.41. The summed E-state index contributed by atoms with van der Waals surface area (Å²) in [5.74, 6) is -0.500. The van der Waals surface area contributed by atoms with Gasteiger partial charge in [-0.25, -0.2) is 4.98 Å². The van der Waals surface area contributed by atoms with E-state index < -0.39 is 0 Å². The smallest absolute Gasteiger partial charge is 0.246 e. The van der Waals surface area contributed by atoms with Crippen LogP contribution in [0.25, 0.3) is 11.0 Å². The largest absolute Gasteiger partial charge is 0.369 e. The van der Waals surface area contributed by atoms with Crippen molar-refractivity contribution in [3.8, 4) is 0 Å². The number of halogens is 1. The molecule has 0 bridgehead atoms. The van der Waals surface area contributed by atoms with Crippen molar-refractivity contribution in [2.24, 2.45) is 11.7 Å². The van der Waals surface area contributed by atoms with Gasteiger partial charge in [-0.1, -0.05) is 11.6 Å². The number of nitrogens with two attached hydrogens (primary N) is 1. The molecule has 0 radical (unpaired) electrons. The molecule has 0 aromatic carbocycles. The summed E-state index contributed by atoms with van der Waals surface area (Å²) in [6.07, 6.45) is 6.28. The van der Waals surface area contributed by atoms with Crippen molar-refractivity contribution < 1.29 is 9.59 Å². The monoisotopic (exact) mass is 338 g/mol. The van der Waals surface area contributed by atoms with Gasteiger partial charge in [-0.3, -0.25) is 14.0 Å². The predicted octanol–water partition coefficient (Wildman–Crippen LogP) is 1.79. The third-order valence-corrected chi connectivity index (χ3v) is 4.88. The minimum Gasteiger partial charge on any atom is -0.369 e. The number of carbonyl (C=O) groups is 2. The standard InChI is InChI=1S/C14H15ClN4O2S/c15-12-10(19-7-8-22-14(19)17-12)1-2-11(20)18-5-3-9(4-6-18)13(16)21/h1-2,7-9H,3-6H2,(H2,16,21)/b2-1+. The summed E-state index contributed by atoms with van der Waals surface area (Å²) in [7, 11) is 0. The molecule has 2 aromatic rings. The highest BCUT2D eigenvalue weighted by Gasteiger charge is 2.24. The maximum atomic E-state index is 12.2. The van der Waals surface area contributed by atoms with Gasteiger partial charge >= 0.3 is 0 Å². The van der Waals surface area contributed by atoms with Crippen LogP contribution in [0.1, 0.15) is 18.5 Å². The Morgan fingerprint density at radius 2 is 2.14 bits per heavy atom. The Morgan fingerprint density at radius 1 is 1.41 bits per heavy atom. The number of amides is 2. The molecular formula is C14H15ClN4O2S. The molecule has 116 valence electrons. The fourth-order valence-corrected chi connectivity index (χ4v) is 3.57. The highest BCUT2D eigenvalue weighted by atomic mass is 35.5. The molecule has 2 amide bonds. The summed E-state index contributed by atoms with van der Waals surface area (Å²) in [6.45, 7) is 1.09. The van der Waals surface area contributed by atoms with Crippen LogP contribution in [-0.4, -0.2) is 39.2 Å². The summed E-state index contributed by atoms with van der Waals surface area (Å²) in [4.78, 5) is 30.1. The van der Waals surface area contributed by atoms with Crippen molar-refractivity contribution >= 4 is 45.8 Å². The lowest BCUT2D eigenvalue weighted by atomic mass is 9.96. The molecule has 3 heterocycles. The molecule has 0 aliphatic carbocycles. The van der Waals surface area contributed by atoms with Gasteiger partial charge in [0.25, 0.3) is 0 Å². The second-order valence-electron chi connectivity index (χ2n) is 5.18. The molecule has 0 saturated carbocycles. The van der Waals surface area contributed by atoms with E-state index in [-0.39, 0.29) is 17.7 Å². The maximum absolute atomic E-state index is 12.2. The normalized spacial score (nSPS) is 16.7. The van der Waals surface area contributed by atoms with Crippen LogP contribution in [0.5, 0.6) is 0 Å². The van der Waals surface area contributed by atoms with Gasteiger partial charge in [0.05, 0.1) is 5.69 Å². The number of nitrogens with zero attached hydrogens (tertiary/aromatic N) is 3. The van der Waals surface area contributed by atoms with E-state index in [9.17, 15) is 9.59 Å². The Kier molecular flexibility index (Phi) is 4.17. The van der Waals surface area contributed by atoms with Gasteiger partial charge in [0.15, 0.2) is 10.1 Å². The first-order valence-corrected chi connectivity index (χ1v) is 8.19. The molecule has 0 atom stereocenters. The van der Waals surface area contributed by atoms with Crippen molar-refractivity contribution in [1.29, 1.82) is 0 Å². The molecule has 8 heteroatoms. The lowest BCUT2D eigenvalue weighted by Gasteiger charge is -2.29. The number of carbonyl (C=O) groups excluding carboxylic acids is 2. The van der Waals surface area contributed by atoms with E-state index in [1.54, 1.807) is 11.0 Å². The molecule has 1 aliphatic heterocycles. The number of aromatic nitrogens is 2. The summed E-state index contributed by atoms with van der Waals surface area (Å²) < 4.78 is 1.84. The highest BCUT2D eigenvalue weighted by Crippen LogP contribution is 2.23. The van der Waals surface area contributed by atoms with Gasteiger partial charge in [-0.2, -0.15) is 0 Å². The van der Waals surface area contributed by atoms with Gasteiger partial charge in [0.2, 0.25) is 11.8 Å². The van der Waals surface area contributed by atoms with Crippen molar-refractivity contribution in [3.05, 3.63) is 28.5 Å². The van der Waals surface area contributed by atoms with Gasteiger partial charge in [0.1, 0.15) is 0 Å². The zero-order valence-electron chi connectivity index (χ0n) is 11.7. The van der Waals surface area contributed by atoms with Crippen molar-refractivity contribution in [2.45, 2.75) is 12.8 Å². The van der Waals surface area contributed by atoms with Gasteiger partial charge in [0, 0.05) is 36.7 Å². The molecule has 6 nitrogen and oxygen atoms in total. The zero-order valence-corrected chi connectivity index (χ0v) is 13.3. The average molecular weight is 339 g/mol. The molecular weight excluding hydrogens is 324 g/mol. The van der Waals surface area contributed by atoms with Gasteiger partial charge < -0.3 is 10.6 Å². The number of piperidine rings is 1. The molecule has 0 unspecified atom stereocenters. The third kappa shape index (κ3) is 2.86. The average Bonchev–Trinajstić information content (AvgIpc) is 3.06. The SMILES string of the molecule is NC(=O)C1CCN(C(=O)/C=C/c2c(Cl)nc3sccn23)CC1. The third-order valence-electron chi connectivity index (χ3n) is 3.85. The Labute approximate surface area is 136 Å². The van der Waals surface area contributed by atoms with Crippen molar-refractivity contribution in [2.75, 3.05) is 13.1 Å². The Morgan fingerprint density at radius 3 is 2.82 bits per heavy atom. The number of likely N-dealkylation sites (tertiary alicyclic amines) is 1. The number of fused-ring (bicyclic) bond motifs is 1. The number of rotatable bonds is 3. The molecule has 1 aliphatic rings. The van der Waals surface area contributed by atoms with Crippen LogP contribution in [-0.2, 0) is 9.59 Å². The summed E-state index contributed by atoms with van der Waals surface area (Å²) in [5.41, 5.74) is 5.98. The van der Waals surface area contributed by atoms with Crippen LogP contribution in [0.2, 0.25) is 5.15 Å². The van der Waals surface area contributed by atoms with Crippen molar-refractivity contribution in [3.63, 3.8) is 0 Å². The van der Waals surface area contributed by atoms with E-state index in [1.165, 1.54) is 17.4 Å². The highest BCUT2D eigenvalue weighted by molar-refractivity contribution is 7.15. The van der Waals surface area contributed by atoms with E-state index in [4.69, 9.17) is 17.3 Å². The van der Waals surface area contributed by atoms with Crippen molar-refractivity contribution in [1.82, 2.24) is 14.3 Å². The predicted molar refractivity (Wildman–Crippen MR) is 85.6 cm³/mol. The van der Waals surface area contributed by atoms with Crippen LogP contribution in [0.4, 0.5) is 0 Å². The second-order valence-corrected chi connectivity index (χ2v) is 6.41. The molecule has 22 heavy (non-hydrogen) atoms. The van der Waals surface area contributed by atoms with Crippen LogP contribution in [0.15, 0.2) is 17.7 Å². The number of hydrogen-bond acceptors (Lipinski definition) is 4. The summed E-state index contributed by atoms with van der Waals surface area (Å²) >= 11 is 7.56. The van der Waals surface area contributed by atoms with Crippen LogP contribution in [0, 0.1) is 5.92 Å². The van der Waals surface area contributed by atoms with Crippen LogP contribution < -0.4 is 5.73 Å². The fourth-order valence-electron chi connectivity index (χ4n) is 2.57. The minimum atomic E-state index is -0.284. The minimum absolute atomic E-state index is 0.0934. The Balaban J connectivity index is 1.68. The molecule has 1 saturated heterocycles. The molecule has 2 N–H and O–H groups in total. The molecule has 0 spiro atoms. The fraction of sp³-hybridized carbons (Fsp3) is 0.357. The molecule has 2 aromatic heterocycles. The maximum Gasteiger partial charge on any atom is 0.246 e. The van der Waals surface area contributed by atoms with Crippen LogP contribution in [0.3, 0.4) is 0 Å². The van der Waals surface area contributed by atoms with E-state index in [0.717, 1.165) is 4.96 Å². The first-order valence-electron chi connectivity index (χ1n) is 6.93. The summed E-state index contributed by atoms with van der Waals surface area (Å²) in [5, 5.41) is 2.29. The van der Waals surface area contributed by atoms with Crippen LogP contribution >= 0.6 is 22.9 Å². The van der Waals surface area contributed by atoms with Gasteiger partial charge in [-0.15, -0.1) is 11.3 Å². The number of thiazole rings is 1. The Bertz CT molecular complexity index is 743. The first-order chi connectivity index (χ1) is 10.6. The Hall–Kier alpha value is -1.86. The lowest BCUT2D eigenvalue weighted by molar-refractivity contribution is -0.130. The first kappa shape index (κ1) is 15.1. The van der Waals surface area contributed by atoms with Gasteiger partial charge in [-0.05, 0) is 18.9 Å². The zero-order chi connectivity index (χ0) is 15.7. The molecule has 1 fully saturated rings. The number of hydrogen-bond donors (Lipinski definition) is 1. The van der Waals surface area contributed by atoms with E-state index in [0.29, 0.717) is 36.8 Å². The van der Waals surface area contributed by atoms with E-state index in [2.05, 4.69) is 4.98 Å². The second kappa shape index (κ2) is 6.10. The topological polar surface area (TPSA) is 80.7 Å². The number of primary amides is 1. The van der Waals surface area contributed by atoms with E-state index >= 15 is 0 Å². The number of imidazole rings is 1.